The van der Waals surface area contributed by atoms with Gasteiger partial charge in [0.05, 0.1) is 12.0 Å². The molecule has 0 spiro atoms. The van der Waals surface area contributed by atoms with E-state index < -0.39 is 35.8 Å². The predicted octanol–water partition coefficient (Wildman–Crippen LogP) is 2.77. The van der Waals surface area contributed by atoms with Gasteiger partial charge in [-0.1, -0.05) is 58.3 Å². The smallest absolute Gasteiger partial charge is 0.326 e. The summed E-state index contributed by atoms with van der Waals surface area (Å²) in [6.45, 7) is 2.55. The summed E-state index contributed by atoms with van der Waals surface area (Å²) in [6, 6.07) is -1.77. The highest BCUT2D eigenvalue weighted by atomic mass is 16.4. The van der Waals surface area contributed by atoms with E-state index in [4.69, 9.17) is 5.73 Å². The van der Waals surface area contributed by atoms with Crippen molar-refractivity contribution in [3.05, 3.63) is 0 Å². The predicted molar refractivity (Wildman–Crippen MR) is 133 cm³/mol. The first-order valence-electron chi connectivity index (χ1n) is 12.9. The molecule has 10 nitrogen and oxygen atoms in total. The molecule has 35 heavy (non-hydrogen) atoms. The first kappa shape index (κ1) is 32.5. The van der Waals surface area contributed by atoms with Crippen molar-refractivity contribution in [1.29, 1.82) is 0 Å². The summed E-state index contributed by atoms with van der Waals surface area (Å²) in [4.78, 5) is 57.7. The van der Waals surface area contributed by atoms with Crippen LogP contribution < -0.4 is 16.4 Å². The van der Waals surface area contributed by atoms with Crippen LogP contribution in [0.1, 0.15) is 103 Å². The van der Waals surface area contributed by atoms with E-state index in [1.54, 1.807) is 0 Å². The third-order valence-electron chi connectivity index (χ3n) is 5.94. The Morgan fingerprint density at radius 3 is 1.97 bits per heavy atom. The van der Waals surface area contributed by atoms with E-state index in [9.17, 15) is 34.2 Å². The summed E-state index contributed by atoms with van der Waals surface area (Å²) in [5.41, 5.74) is 5.49. The Kier molecular flexibility index (Phi) is 19.4. The highest BCUT2D eigenvalue weighted by Crippen LogP contribution is 2.16. The van der Waals surface area contributed by atoms with Crippen LogP contribution >= 0.6 is 0 Å². The average molecular weight is 500 g/mol. The van der Waals surface area contributed by atoms with Gasteiger partial charge in [-0.3, -0.25) is 14.4 Å². The van der Waals surface area contributed by atoms with Crippen molar-refractivity contribution in [2.24, 2.45) is 11.7 Å². The number of aliphatic carboxylic acids is 2. The number of aldehydes is 1. The average Bonchev–Trinajstić information content (AvgIpc) is 2.81. The second kappa shape index (κ2) is 20.8. The minimum atomic E-state index is -1.27. The molecule has 0 rings (SSSR count). The van der Waals surface area contributed by atoms with E-state index in [-0.39, 0.29) is 25.2 Å². The largest absolute Gasteiger partial charge is 0.481 e. The number of rotatable bonds is 23. The van der Waals surface area contributed by atoms with Gasteiger partial charge in [0.25, 0.3) is 0 Å². The second-order valence-electron chi connectivity index (χ2n) is 9.15. The molecule has 0 aromatic rings. The van der Waals surface area contributed by atoms with Crippen LogP contribution in [0.25, 0.3) is 0 Å². The fourth-order valence-corrected chi connectivity index (χ4v) is 3.74. The van der Waals surface area contributed by atoms with Crippen LogP contribution in [0.4, 0.5) is 0 Å². The maximum absolute atomic E-state index is 12.3. The molecule has 0 aliphatic heterocycles. The number of carbonyl (C=O) groups is 5. The van der Waals surface area contributed by atoms with Crippen LogP contribution in [0.15, 0.2) is 0 Å². The summed E-state index contributed by atoms with van der Waals surface area (Å²) in [6.07, 6.45) is 11.0. The van der Waals surface area contributed by atoms with E-state index in [0.29, 0.717) is 44.9 Å². The van der Waals surface area contributed by atoms with Crippen LogP contribution in [0.3, 0.4) is 0 Å². The van der Waals surface area contributed by atoms with Crippen LogP contribution in [0.5, 0.6) is 0 Å². The molecule has 202 valence electrons. The highest BCUT2D eigenvalue weighted by molar-refractivity contribution is 5.86. The number of carboxylic acids is 2. The van der Waals surface area contributed by atoms with Crippen molar-refractivity contribution in [3.8, 4) is 0 Å². The molecule has 0 aromatic carbocycles. The summed E-state index contributed by atoms with van der Waals surface area (Å²) in [5.74, 6) is -4.19. The number of carboxylic acid groups (broad SMARTS) is 2. The molecule has 2 amide bonds. The van der Waals surface area contributed by atoms with Crippen molar-refractivity contribution >= 4 is 30.0 Å². The topological polar surface area (TPSA) is 176 Å². The Balaban J connectivity index is 4.29. The van der Waals surface area contributed by atoms with Gasteiger partial charge in [-0.05, 0) is 32.1 Å². The summed E-state index contributed by atoms with van der Waals surface area (Å²) >= 11 is 0. The Bertz CT molecular complexity index is 643. The highest BCUT2D eigenvalue weighted by Gasteiger charge is 2.25. The molecular weight excluding hydrogens is 454 g/mol. The minimum Gasteiger partial charge on any atom is -0.481 e. The van der Waals surface area contributed by atoms with E-state index in [1.807, 2.05) is 0 Å². The number of carbonyl (C=O) groups excluding carboxylic acids is 3. The van der Waals surface area contributed by atoms with Gasteiger partial charge in [-0.25, -0.2) is 4.79 Å². The maximum Gasteiger partial charge on any atom is 0.326 e. The SMILES string of the molecule is CCCCCCCCCCC(CC(=O)N[C@@H](CCC(=O)NCCCC[C@H](N)C=O)C(=O)O)C(=O)O. The van der Waals surface area contributed by atoms with Crippen molar-refractivity contribution < 1.29 is 34.2 Å². The first-order chi connectivity index (χ1) is 16.7. The molecule has 3 atom stereocenters. The van der Waals surface area contributed by atoms with Gasteiger partial charge in [-0.15, -0.1) is 0 Å². The van der Waals surface area contributed by atoms with Crippen LogP contribution in [0.2, 0.25) is 0 Å². The molecule has 0 aromatic heterocycles. The summed E-state index contributed by atoms with van der Waals surface area (Å²) in [5, 5.41) is 23.8. The Morgan fingerprint density at radius 1 is 0.800 bits per heavy atom. The lowest BCUT2D eigenvalue weighted by Crippen LogP contribution is -2.42. The van der Waals surface area contributed by atoms with E-state index in [0.717, 1.165) is 19.3 Å². The van der Waals surface area contributed by atoms with Crippen LogP contribution in [-0.4, -0.2) is 58.9 Å². The lowest BCUT2D eigenvalue weighted by atomic mass is 9.96. The zero-order valence-corrected chi connectivity index (χ0v) is 21.1. The summed E-state index contributed by atoms with van der Waals surface area (Å²) in [7, 11) is 0. The van der Waals surface area contributed by atoms with Gasteiger partial charge < -0.3 is 31.4 Å². The number of unbranched alkanes of at least 4 members (excludes halogenated alkanes) is 8. The van der Waals surface area contributed by atoms with Gasteiger partial charge in [0.1, 0.15) is 12.3 Å². The number of amides is 2. The van der Waals surface area contributed by atoms with E-state index >= 15 is 0 Å². The molecule has 0 radical (unpaired) electrons. The van der Waals surface area contributed by atoms with Crippen molar-refractivity contribution in [1.82, 2.24) is 10.6 Å². The quantitative estimate of drug-likeness (QED) is 0.105. The molecule has 6 N–H and O–H groups in total. The molecule has 0 aliphatic rings. The lowest BCUT2D eigenvalue weighted by Gasteiger charge is -2.17. The summed E-state index contributed by atoms with van der Waals surface area (Å²) < 4.78 is 0. The molecule has 0 aliphatic carbocycles. The molecule has 0 fully saturated rings. The number of nitrogens with one attached hydrogen (secondary N) is 2. The van der Waals surface area contributed by atoms with Gasteiger partial charge in [0, 0.05) is 19.4 Å². The molecule has 0 saturated carbocycles. The maximum atomic E-state index is 12.3. The van der Waals surface area contributed by atoms with Crippen molar-refractivity contribution in [3.63, 3.8) is 0 Å². The zero-order valence-electron chi connectivity index (χ0n) is 21.1. The van der Waals surface area contributed by atoms with Gasteiger partial charge >= 0.3 is 11.9 Å². The van der Waals surface area contributed by atoms with E-state index in [2.05, 4.69) is 17.6 Å². The molecule has 0 saturated heterocycles. The monoisotopic (exact) mass is 499 g/mol. The van der Waals surface area contributed by atoms with E-state index in [1.165, 1.54) is 25.7 Å². The van der Waals surface area contributed by atoms with Crippen molar-refractivity contribution in [2.75, 3.05) is 6.54 Å². The second-order valence-corrected chi connectivity index (χ2v) is 9.15. The van der Waals surface area contributed by atoms with Gasteiger partial charge in [0.2, 0.25) is 11.8 Å². The lowest BCUT2D eigenvalue weighted by molar-refractivity contribution is -0.145. The first-order valence-corrected chi connectivity index (χ1v) is 12.9. The fourth-order valence-electron chi connectivity index (χ4n) is 3.74. The standard InChI is InChI=1S/C25H45N3O7/c1-2-3-4-5-6-7-8-9-12-19(24(32)33)17-23(31)28-21(25(34)35)14-15-22(30)27-16-11-10-13-20(26)18-29/h18-21H,2-17,26H2,1H3,(H,27,30)(H,28,31)(H,32,33)(H,34,35)/t19?,20-,21-/m0/s1. The number of hydrogen-bond acceptors (Lipinski definition) is 6. The Labute approximate surface area is 208 Å². The van der Waals surface area contributed by atoms with Gasteiger partial charge in [-0.2, -0.15) is 0 Å². The molecule has 1 unspecified atom stereocenters. The molecule has 0 heterocycles. The zero-order chi connectivity index (χ0) is 26.5. The Morgan fingerprint density at radius 2 is 1.40 bits per heavy atom. The number of nitrogens with two attached hydrogens (primary N) is 1. The molecule has 0 bridgehead atoms. The minimum absolute atomic E-state index is 0.0916. The number of hydrogen-bond donors (Lipinski definition) is 5. The molecular formula is C25H45N3O7. The van der Waals surface area contributed by atoms with Crippen LogP contribution in [0, 0.1) is 5.92 Å². The Hall–Kier alpha value is -2.49. The van der Waals surface area contributed by atoms with Gasteiger partial charge in [0.15, 0.2) is 0 Å². The normalized spacial score (nSPS) is 13.4. The third-order valence-corrected chi connectivity index (χ3v) is 5.94. The van der Waals surface area contributed by atoms with Crippen LogP contribution in [-0.2, 0) is 24.0 Å². The molecule has 10 heteroatoms. The third kappa shape index (κ3) is 18.5. The fraction of sp³-hybridized carbons (Fsp3) is 0.800. The van der Waals surface area contributed by atoms with Crippen molar-refractivity contribution in [2.45, 2.75) is 115 Å².